The van der Waals surface area contributed by atoms with Crippen LogP contribution in [0.5, 0.6) is 0 Å². The molecule has 1 aliphatic heterocycles. The van der Waals surface area contributed by atoms with Crippen molar-refractivity contribution < 1.29 is 9.59 Å². The van der Waals surface area contributed by atoms with Crippen LogP contribution in [0.25, 0.3) is 10.8 Å². The summed E-state index contributed by atoms with van der Waals surface area (Å²) in [5.74, 6) is -0.0603. The third-order valence-electron chi connectivity index (χ3n) is 4.86. The molecule has 0 radical (unpaired) electrons. The molecule has 1 heterocycles. The van der Waals surface area contributed by atoms with E-state index in [-0.39, 0.29) is 17.9 Å². The number of rotatable bonds is 4. The van der Waals surface area contributed by atoms with Crippen molar-refractivity contribution in [3.63, 3.8) is 0 Å². The molecule has 4 rings (SSSR count). The maximum atomic E-state index is 12.5. The Morgan fingerprint density at radius 3 is 2.59 bits per heavy atom. The van der Waals surface area contributed by atoms with Crippen molar-refractivity contribution in [1.29, 1.82) is 0 Å². The van der Waals surface area contributed by atoms with Gasteiger partial charge in [-0.15, -0.1) is 0 Å². The molecular formula is C22H19ClN2O2. The predicted molar refractivity (Wildman–Crippen MR) is 108 cm³/mol. The molecular weight excluding hydrogens is 360 g/mol. The number of benzene rings is 3. The van der Waals surface area contributed by atoms with Crippen LogP contribution in [0.1, 0.15) is 12.0 Å². The van der Waals surface area contributed by atoms with E-state index in [9.17, 15) is 9.59 Å². The van der Waals surface area contributed by atoms with E-state index in [4.69, 9.17) is 11.6 Å². The third-order valence-corrected chi connectivity index (χ3v) is 5.11. The molecule has 0 aliphatic carbocycles. The van der Waals surface area contributed by atoms with Crippen LogP contribution in [0.2, 0.25) is 5.02 Å². The standard InChI is InChI=1S/C22H19ClN2O2/c23-17-8-10-19(11-9-17)25-14-18(13-22(25)27)24-21(26)12-16-6-3-5-15-4-1-2-7-20(15)16/h1-11,18H,12-14H2,(H,24,26)/t18-/m0/s1. The van der Waals surface area contributed by atoms with Crippen LogP contribution in [-0.2, 0) is 16.0 Å². The molecule has 1 saturated heterocycles. The van der Waals surface area contributed by atoms with Gasteiger partial charge < -0.3 is 10.2 Å². The van der Waals surface area contributed by atoms with Crippen LogP contribution in [0.15, 0.2) is 66.7 Å². The Morgan fingerprint density at radius 2 is 1.78 bits per heavy atom. The first kappa shape index (κ1) is 17.6. The number of hydrogen-bond acceptors (Lipinski definition) is 2. The Bertz CT molecular complexity index is 995. The quantitative estimate of drug-likeness (QED) is 0.747. The monoisotopic (exact) mass is 378 g/mol. The molecule has 1 atom stereocenters. The fourth-order valence-corrected chi connectivity index (χ4v) is 3.70. The molecule has 0 saturated carbocycles. The number of nitrogens with one attached hydrogen (secondary N) is 1. The molecule has 2 amide bonds. The Kier molecular flexibility index (Phi) is 4.82. The number of hydrogen-bond donors (Lipinski definition) is 1. The fraction of sp³-hybridized carbons (Fsp3) is 0.182. The Labute approximate surface area is 162 Å². The average molecular weight is 379 g/mol. The van der Waals surface area contributed by atoms with Gasteiger partial charge in [-0.3, -0.25) is 9.59 Å². The molecule has 1 fully saturated rings. The van der Waals surface area contributed by atoms with Crippen LogP contribution in [0.4, 0.5) is 5.69 Å². The number of amides is 2. The average Bonchev–Trinajstić information content (AvgIpc) is 3.02. The van der Waals surface area contributed by atoms with Crippen molar-refractivity contribution in [2.75, 3.05) is 11.4 Å². The molecule has 0 unspecified atom stereocenters. The van der Waals surface area contributed by atoms with Gasteiger partial charge in [0.1, 0.15) is 0 Å². The normalized spacial score (nSPS) is 16.7. The second-order valence-corrected chi connectivity index (χ2v) is 7.20. The molecule has 0 spiro atoms. The maximum Gasteiger partial charge on any atom is 0.229 e. The second kappa shape index (κ2) is 7.41. The van der Waals surface area contributed by atoms with E-state index >= 15 is 0 Å². The van der Waals surface area contributed by atoms with Crippen LogP contribution in [-0.4, -0.2) is 24.4 Å². The summed E-state index contributed by atoms with van der Waals surface area (Å²) in [5, 5.41) is 5.84. The van der Waals surface area contributed by atoms with E-state index in [1.165, 1.54) is 0 Å². The molecule has 3 aromatic carbocycles. The van der Waals surface area contributed by atoms with E-state index < -0.39 is 0 Å². The van der Waals surface area contributed by atoms with Crippen molar-refractivity contribution in [3.8, 4) is 0 Å². The van der Waals surface area contributed by atoms with Gasteiger partial charge in [0.25, 0.3) is 0 Å². The van der Waals surface area contributed by atoms with Crippen LogP contribution in [0, 0.1) is 0 Å². The zero-order chi connectivity index (χ0) is 18.8. The van der Waals surface area contributed by atoms with Crippen molar-refractivity contribution in [3.05, 3.63) is 77.3 Å². The summed E-state index contributed by atoms with van der Waals surface area (Å²) in [4.78, 5) is 26.6. The lowest BCUT2D eigenvalue weighted by atomic mass is 10.0. The Balaban J connectivity index is 1.43. The zero-order valence-electron chi connectivity index (χ0n) is 14.7. The van der Waals surface area contributed by atoms with Gasteiger partial charge in [0.15, 0.2) is 0 Å². The fourth-order valence-electron chi connectivity index (χ4n) is 3.57. The summed E-state index contributed by atoms with van der Waals surface area (Å²) >= 11 is 5.91. The van der Waals surface area contributed by atoms with E-state index in [0.29, 0.717) is 24.4 Å². The SMILES string of the molecule is O=C(Cc1cccc2ccccc12)N[C@H]1CC(=O)N(c2ccc(Cl)cc2)C1. The molecule has 1 N–H and O–H groups in total. The van der Waals surface area contributed by atoms with E-state index in [1.54, 1.807) is 17.0 Å². The highest BCUT2D eigenvalue weighted by Crippen LogP contribution is 2.24. The smallest absolute Gasteiger partial charge is 0.229 e. The first-order chi connectivity index (χ1) is 13.1. The van der Waals surface area contributed by atoms with Crippen LogP contribution in [0.3, 0.4) is 0 Å². The predicted octanol–water partition coefficient (Wildman–Crippen LogP) is 3.96. The van der Waals surface area contributed by atoms with Crippen LogP contribution < -0.4 is 10.2 Å². The molecule has 0 aromatic heterocycles. The lowest BCUT2D eigenvalue weighted by Crippen LogP contribution is -2.38. The lowest BCUT2D eigenvalue weighted by molar-refractivity contribution is -0.121. The number of carbonyl (C=O) groups excluding carboxylic acids is 2. The number of carbonyl (C=O) groups is 2. The number of anilines is 1. The molecule has 0 bridgehead atoms. The highest BCUT2D eigenvalue weighted by Gasteiger charge is 2.31. The van der Waals surface area contributed by atoms with Gasteiger partial charge in [0, 0.05) is 23.7 Å². The van der Waals surface area contributed by atoms with Crippen LogP contribution >= 0.6 is 11.6 Å². The second-order valence-electron chi connectivity index (χ2n) is 6.76. The first-order valence-electron chi connectivity index (χ1n) is 8.92. The minimum absolute atomic E-state index is 0.00721. The van der Waals surface area contributed by atoms with E-state index in [2.05, 4.69) is 5.32 Å². The highest BCUT2D eigenvalue weighted by molar-refractivity contribution is 6.30. The van der Waals surface area contributed by atoms with Gasteiger partial charge >= 0.3 is 0 Å². The van der Waals surface area contributed by atoms with E-state index in [1.807, 2.05) is 54.6 Å². The lowest BCUT2D eigenvalue weighted by Gasteiger charge is -2.17. The summed E-state index contributed by atoms with van der Waals surface area (Å²) in [6, 6.07) is 21.0. The van der Waals surface area contributed by atoms with E-state index in [0.717, 1.165) is 22.0 Å². The maximum absolute atomic E-state index is 12.5. The molecule has 3 aromatic rings. The van der Waals surface area contributed by atoms with Gasteiger partial charge in [0.2, 0.25) is 11.8 Å². The number of nitrogens with zero attached hydrogens (tertiary/aromatic N) is 1. The highest BCUT2D eigenvalue weighted by atomic mass is 35.5. The summed E-state index contributed by atoms with van der Waals surface area (Å²) in [7, 11) is 0. The summed E-state index contributed by atoms with van der Waals surface area (Å²) in [5.41, 5.74) is 1.79. The largest absolute Gasteiger partial charge is 0.351 e. The topological polar surface area (TPSA) is 49.4 Å². The molecule has 136 valence electrons. The number of fused-ring (bicyclic) bond motifs is 1. The molecule has 1 aliphatic rings. The first-order valence-corrected chi connectivity index (χ1v) is 9.30. The van der Waals surface area contributed by atoms with Crippen molar-refractivity contribution in [2.24, 2.45) is 0 Å². The number of halogens is 1. The summed E-state index contributed by atoms with van der Waals surface area (Å²) in [6.45, 7) is 0.474. The van der Waals surface area contributed by atoms with Crippen molar-refractivity contribution in [1.82, 2.24) is 5.32 Å². The molecule has 4 nitrogen and oxygen atoms in total. The summed E-state index contributed by atoms with van der Waals surface area (Å²) < 4.78 is 0. The van der Waals surface area contributed by atoms with Gasteiger partial charge in [-0.1, -0.05) is 54.1 Å². The third kappa shape index (κ3) is 3.81. The van der Waals surface area contributed by atoms with Crippen molar-refractivity contribution >= 4 is 39.9 Å². The molecule has 27 heavy (non-hydrogen) atoms. The minimum Gasteiger partial charge on any atom is -0.351 e. The van der Waals surface area contributed by atoms with Gasteiger partial charge in [-0.2, -0.15) is 0 Å². The van der Waals surface area contributed by atoms with Crippen molar-refractivity contribution in [2.45, 2.75) is 18.9 Å². The van der Waals surface area contributed by atoms with Gasteiger partial charge in [-0.05, 0) is 40.6 Å². The Hall–Kier alpha value is -2.85. The molecule has 5 heteroatoms. The summed E-state index contributed by atoms with van der Waals surface area (Å²) in [6.07, 6.45) is 0.608. The minimum atomic E-state index is -0.185. The van der Waals surface area contributed by atoms with Gasteiger partial charge in [-0.25, -0.2) is 0 Å². The zero-order valence-corrected chi connectivity index (χ0v) is 15.4. The Morgan fingerprint density at radius 1 is 1.04 bits per heavy atom. The van der Waals surface area contributed by atoms with Gasteiger partial charge in [0.05, 0.1) is 12.5 Å².